The molecular formula is C21H23N3O3S. The molecule has 2 aromatic carbocycles. The van der Waals surface area contributed by atoms with Gasteiger partial charge in [0.1, 0.15) is 11.0 Å². The second-order valence-electron chi connectivity index (χ2n) is 6.33. The Kier molecular flexibility index (Phi) is 7.08. The third-order valence-corrected chi connectivity index (χ3v) is 5.12. The normalized spacial score (nSPS) is 17.4. The Morgan fingerprint density at radius 2 is 1.93 bits per heavy atom. The Bertz CT molecular complexity index is 838. The zero-order valence-corrected chi connectivity index (χ0v) is 16.5. The molecule has 1 heterocycles. The highest BCUT2D eigenvalue weighted by molar-refractivity contribution is 8.15. The molecule has 1 fully saturated rings. The fourth-order valence-electron chi connectivity index (χ4n) is 2.56. The Hall–Kier alpha value is -2.80. The number of anilines is 1. The van der Waals surface area contributed by atoms with E-state index in [0.29, 0.717) is 17.5 Å². The summed E-state index contributed by atoms with van der Waals surface area (Å²) in [7, 11) is 0. The summed E-state index contributed by atoms with van der Waals surface area (Å²) in [5.74, 6) is 0.363. The van der Waals surface area contributed by atoms with Crippen LogP contribution in [0.2, 0.25) is 0 Å². The topological polar surface area (TPSA) is 79.8 Å². The van der Waals surface area contributed by atoms with E-state index < -0.39 is 5.25 Å². The molecule has 1 saturated heterocycles. The van der Waals surface area contributed by atoms with Gasteiger partial charge in [0.15, 0.2) is 5.17 Å². The van der Waals surface area contributed by atoms with Crippen LogP contribution in [0.4, 0.5) is 11.4 Å². The smallest absolute Gasteiger partial charge is 0.240 e. The van der Waals surface area contributed by atoms with Crippen LogP contribution in [-0.2, 0) is 9.59 Å². The third-order valence-electron chi connectivity index (χ3n) is 4.04. The lowest BCUT2D eigenvalue weighted by Crippen LogP contribution is -2.28. The SMILES string of the molecule is CCCCOc1ccc(NC(=O)C[C@H]2SC(=Nc3ccccc3)NC2=O)cc1. The molecule has 146 valence electrons. The fourth-order valence-corrected chi connectivity index (χ4v) is 3.55. The van der Waals surface area contributed by atoms with E-state index in [9.17, 15) is 9.59 Å². The van der Waals surface area contributed by atoms with Crippen molar-refractivity contribution in [3.63, 3.8) is 0 Å². The van der Waals surface area contributed by atoms with E-state index in [-0.39, 0.29) is 18.2 Å². The van der Waals surface area contributed by atoms with Gasteiger partial charge in [-0.3, -0.25) is 9.59 Å². The van der Waals surface area contributed by atoms with Crippen molar-refractivity contribution < 1.29 is 14.3 Å². The Balaban J connectivity index is 1.50. The maximum absolute atomic E-state index is 12.3. The van der Waals surface area contributed by atoms with E-state index in [1.165, 1.54) is 11.8 Å². The van der Waals surface area contributed by atoms with Crippen LogP contribution in [0.3, 0.4) is 0 Å². The number of carbonyl (C=O) groups excluding carboxylic acids is 2. The number of hydrogen-bond donors (Lipinski definition) is 2. The number of aliphatic imine (C=N–C) groups is 1. The summed E-state index contributed by atoms with van der Waals surface area (Å²) in [4.78, 5) is 28.8. The van der Waals surface area contributed by atoms with Crippen molar-refractivity contribution in [2.24, 2.45) is 4.99 Å². The standard InChI is InChI=1S/C21H23N3O3S/c1-2-3-13-27-17-11-9-16(10-12-17)22-19(25)14-18-20(26)24-21(28-18)23-15-7-5-4-6-8-15/h4-12,18H,2-3,13-14H2,1H3,(H,22,25)(H,23,24,26)/t18-/m1/s1. The van der Waals surface area contributed by atoms with Gasteiger partial charge in [-0.1, -0.05) is 43.3 Å². The van der Waals surface area contributed by atoms with E-state index in [4.69, 9.17) is 4.74 Å². The summed E-state index contributed by atoms with van der Waals surface area (Å²) in [5, 5.41) is 5.58. The Morgan fingerprint density at radius 1 is 1.18 bits per heavy atom. The molecule has 0 aliphatic carbocycles. The molecule has 1 aliphatic rings. The van der Waals surface area contributed by atoms with Gasteiger partial charge in [0.25, 0.3) is 0 Å². The van der Waals surface area contributed by atoms with Crippen LogP contribution in [0.5, 0.6) is 5.75 Å². The van der Waals surface area contributed by atoms with Crippen LogP contribution in [0, 0.1) is 0 Å². The molecule has 0 spiro atoms. The molecule has 1 atom stereocenters. The lowest BCUT2D eigenvalue weighted by molar-refractivity contribution is -0.122. The van der Waals surface area contributed by atoms with Crippen molar-refractivity contribution in [3.05, 3.63) is 54.6 Å². The number of benzene rings is 2. The average Bonchev–Trinajstić information content (AvgIpc) is 3.03. The van der Waals surface area contributed by atoms with E-state index in [1.807, 2.05) is 42.5 Å². The molecule has 2 amide bonds. The van der Waals surface area contributed by atoms with Crippen molar-refractivity contribution in [1.82, 2.24) is 5.32 Å². The van der Waals surface area contributed by atoms with Gasteiger partial charge < -0.3 is 15.4 Å². The fraction of sp³-hybridized carbons (Fsp3) is 0.286. The molecule has 3 rings (SSSR count). The van der Waals surface area contributed by atoms with Crippen molar-refractivity contribution in [1.29, 1.82) is 0 Å². The highest BCUT2D eigenvalue weighted by atomic mass is 32.2. The predicted octanol–water partition coefficient (Wildman–Crippen LogP) is 4.11. The van der Waals surface area contributed by atoms with Gasteiger partial charge in [0.2, 0.25) is 11.8 Å². The summed E-state index contributed by atoms with van der Waals surface area (Å²) < 4.78 is 5.61. The van der Waals surface area contributed by atoms with Gasteiger partial charge in [-0.05, 0) is 42.8 Å². The summed E-state index contributed by atoms with van der Waals surface area (Å²) in [6, 6.07) is 16.6. The molecule has 1 aliphatic heterocycles. The molecule has 0 radical (unpaired) electrons. The van der Waals surface area contributed by atoms with Crippen molar-refractivity contribution >= 4 is 40.1 Å². The zero-order valence-electron chi connectivity index (χ0n) is 15.7. The minimum absolute atomic E-state index is 0.0824. The van der Waals surface area contributed by atoms with Gasteiger partial charge in [0.05, 0.1) is 12.3 Å². The van der Waals surface area contributed by atoms with Crippen LogP contribution in [0.25, 0.3) is 0 Å². The molecule has 0 unspecified atom stereocenters. The first-order valence-electron chi connectivity index (χ1n) is 9.28. The van der Waals surface area contributed by atoms with Gasteiger partial charge in [0, 0.05) is 12.1 Å². The van der Waals surface area contributed by atoms with Gasteiger partial charge >= 0.3 is 0 Å². The Morgan fingerprint density at radius 3 is 2.64 bits per heavy atom. The second kappa shape index (κ2) is 9.94. The summed E-state index contributed by atoms with van der Waals surface area (Å²) in [6.45, 7) is 2.80. The molecule has 2 N–H and O–H groups in total. The summed E-state index contributed by atoms with van der Waals surface area (Å²) >= 11 is 1.27. The largest absolute Gasteiger partial charge is 0.494 e. The third kappa shape index (κ3) is 5.85. The molecule has 28 heavy (non-hydrogen) atoms. The van der Waals surface area contributed by atoms with Gasteiger partial charge in [-0.2, -0.15) is 0 Å². The van der Waals surface area contributed by atoms with Crippen LogP contribution in [-0.4, -0.2) is 28.8 Å². The molecule has 0 bridgehead atoms. The van der Waals surface area contributed by atoms with E-state index in [1.54, 1.807) is 12.1 Å². The zero-order chi connectivity index (χ0) is 19.8. The first kappa shape index (κ1) is 19.9. The lowest BCUT2D eigenvalue weighted by Gasteiger charge is -2.09. The van der Waals surface area contributed by atoms with Crippen LogP contribution in [0.1, 0.15) is 26.2 Å². The highest BCUT2D eigenvalue weighted by Crippen LogP contribution is 2.25. The molecule has 0 saturated carbocycles. The number of nitrogens with one attached hydrogen (secondary N) is 2. The molecule has 6 nitrogen and oxygen atoms in total. The monoisotopic (exact) mass is 397 g/mol. The molecule has 0 aromatic heterocycles. The van der Waals surface area contributed by atoms with Crippen LogP contribution in [0.15, 0.2) is 59.6 Å². The number of rotatable bonds is 8. The highest BCUT2D eigenvalue weighted by Gasteiger charge is 2.32. The first-order valence-corrected chi connectivity index (χ1v) is 10.2. The number of para-hydroxylation sites is 1. The van der Waals surface area contributed by atoms with Crippen molar-refractivity contribution in [2.75, 3.05) is 11.9 Å². The maximum Gasteiger partial charge on any atom is 0.240 e. The van der Waals surface area contributed by atoms with Crippen LogP contribution < -0.4 is 15.4 Å². The number of hydrogen-bond acceptors (Lipinski definition) is 5. The van der Waals surface area contributed by atoms with E-state index in [0.717, 1.165) is 24.3 Å². The van der Waals surface area contributed by atoms with Crippen molar-refractivity contribution in [3.8, 4) is 5.75 Å². The van der Waals surface area contributed by atoms with E-state index >= 15 is 0 Å². The van der Waals surface area contributed by atoms with Crippen LogP contribution >= 0.6 is 11.8 Å². The quantitative estimate of drug-likeness (QED) is 0.657. The number of amides is 2. The number of thioether (sulfide) groups is 1. The second-order valence-corrected chi connectivity index (χ2v) is 7.52. The minimum atomic E-state index is -0.487. The molecule has 7 heteroatoms. The molecule has 2 aromatic rings. The first-order chi connectivity index (χ1) is 13.6. The number of ether oxygens (including phenoxy) is 1. The number of nitrogens with zero attached hydrogens (tertiary/aromatic N) is 1. The average molecular weight is 398 g/mol. The van der Waals surface area contributed by atoms with Crippen molar-refractivity contribution in [2.45, 2.75) is 31.4 Å². The molecular weight excluding hydrogens is 374 g/mol. The number of amidine groups is 1. The minimum Gasteiger partial charge on any atom is -0.494 e. The van der Waals surface area contributed by atoms with Gasteiger partial charge in [-0.15, -0.1) is 0 Å². The number of carbonyl (C=O) groups is 2. The van der Waals surface area contributed by atoms with E-state index in [2.05, 4.69) is 22.5 Å². The lowest BCUT2D eigenvalue weighted by atomic mass is 10.2. The summed E-state index contributed by atoms with van der Waals surface area (Å²) in [5.41, 5.74) is 1.44. The summed E-state index contributed by atoms with van der Waals surface area (Å²) in [6.07, 6.45) is 2.17. The number of unbranched alkanes of at least 4 members (excludes halogenated alkanes) is 1. The van der Waals surface area contributed by atoms with Gasteiger partial charge in [-0.25, -0.2) is 4.99 Å². The predicted molar refractivity (Wildman–Crippen MR) is 113 cm³/mol. The maximum atomic E-state index is 12.3. The Labute approximate surface area is 168 Å².